The standard InChI is InChI=1S/C28H32F2N4O6S2/c1-33-17-23(35)16-32-41(36,37)27-6-4-20(21-3-2-10-31-15-21)13-25(27)40-19-28(18-33)8-11-34(12-9-28)42(38,39)26-7-5-22(29)14-24(26)30/h2-7,10,13-15,23,32,35H,8-9,11-12,16-19H2,1H3. The molecule has 42 heavy (non-hydrogen) atoms. The van der Waals surface area contributed by atoms with E-state index >= 15 is 0 Å². The van der Waals surface area contributed by atoms with Gasteiger partial charge >= 0.3 is 0 Å². The van der Waals surface area contributed by atoms with Crippen LogP contribution in [0.25, 0.3) is 11.1 Å². The average molecular weight is 623 g/mol. The number of benzene rings is 2. The Morgan fingerprint density at radius 3 is 2.55 bits per heavy atom. The molecule has 2 aliphatic rings. The van der Waals surface area contributed by atoms with E-state index in [0.717, 1.165) is 17.7 Å². The minimum Gasteiger partial charge on any atom is -0.492 e. The van der Waals surface area contributed by atoms with Crippen molar-refractivity contribution in [1.82, 2.24) is 18.9 Å². The molecule has 0 amide bonds. The van der Waals surface area contributed by atoms with E-state index < -0.39 is 48.1 Å². The van der Waals surface area contributed by atoms with E-state index in [4.69, 9.17) is 4.74 Å². The molecule has 1 fully saturated rings. The van der Waals surface area contributed by atoms with Gasteiger partial charge in [-0.3, -0.25) is 4.98 Å². The summed E-state index contributed by atoms with van der Waals surface area (Å²) in [6.45, 7) is 0.528. The number of likely N-dealkylation sites (N-methyl/N-ethyl adjacent to an activating group) is 1. The number of hydrogen-bond donors (Lipinski definition) is 2. The number of halogens is 2. The topological polar surface area (TPSA) is 129 Å². The van der Waals surface area contributed by atoms with Gasteiger partial charge in [0.1, 0.15) is 27.2 Å². The van der Waals surface area contributed by atoms with Gasteiger partial charge in [0.15, 0.2) is 0 Å². The number of β-amino-alcohol motifs (C(OH)–C–C–N with tert-alkyl or cyclic N) is 1. The lowest BCUT2D eigenvalue weighted by atomic mass is 9.79. The van der Waals surface area contributed by atoms with Crippen LogP contribution in [0, 0.1) is 17.0 Å². The third kappa shape index (κ3) is 6.48. The number of pyridine rings is 1. The first kappa shape index (κ1) is 30.4. The van der Waals surface area contributed by atoms with Gasteiger partial charge in [-0.2, -0.15) is 4.31 Å². The number of aliphatic hydroxyl groups excluding tert-OH is 1. The Bertz CT molecular complexity index is 1650. The average Bonchev–Trinajstić information content (AvgIpc) is 2.95. The zero-order valence-electron chi connectivity index (χ0n) is 22.9. The molecule has 0 bridgehead atoms. The summed E-state index contributed by atoms with van der Waals surface area (Å²) in [7, 11) is -6.48. The highest BCUT2D eigenvalue weighted by Gasteiger charge is 2.41. The highest BCUT2D eigenvalue weighted by Crippen LogP contribution is 2.38. The Hall–Kier alpha value is -3.01. The molecule has 5 rings (SSSR count). The fourth-order valence-corrected chi connectivity index (χ4v) is 8.19. The molecule has 0 radical (unpaired) electrons. The maximum atomic E-state index is 14.4. The first-order chi connectivity index (χ1) is 19.9. The second kappa shape index (κ2) is 11.9. The summed E-state index contributed by atoms with van der Waals surface area (Å²) >= 11 is 0. The molecule has 0 saturated carbocycles. The van der Waals surface area contributed by atoms with Crippen molar-refractivity contribution >= 4 is 20.0 Å². The molecule has 2 N–H and O–H groups in total. The van der Waals surface area contributed by atoms with Crippen LogP contribution in [0.5, 0.6) is 5.75 Å². The second-order valence-corrected chi connectivity index (χ2v) is 14.5. The van der Waals surface area contributed by atoms with Crippen molar-refractivity contribution in [2.45, 2.75) is 28.7 Å². The highest BCUT2D eigenvalue weighted by molar-refractivity contribution is 7.89. The van der Waals surface area contributed by atoms with Gasteiger partial charge in [-0.05, 0) is 55.8 Å². The molecule has 1 atom stereocenters. The number of piperidine rings is 1. The molecule has 14 heteroatoms. The van der Waals surface area contributed by atoms with Crippen molar-refractivity contribution in [2.75, 3.05) is 46.4 Å². The van der Waals surface area contributed by atoms with Crippen LogP contribution in [0.4, 0.5) is 8.78 Å². The number of nitrogens with zero attached hydrogens (tertiary/aromatic N) is 3. The van der Waals surface area contributed by atoms with Crippen LogP contribution < -0.4 is 9.46 Å². The minimum atomic E-state index is -4.22. The lowest BCUT2D eigenvalue weighted by Crippen LogP contribution is -2.51. The number of ether oxygens (including phenoxy) is 1. The Balaban J connectivity index is 1.46. The minimum absolute atomic E-state index is 0.0430. The Morgan fingerprint density at radius 1 is 1.10 bits per heavy atom. The molecule has 1 aromatic heterocycles. The van der Waals surface area contributed by atoms with Crippen molar-refractivity contribution in [3.05, 3.63) is 72.6 Å². The van der Waals surface area contributed by atoms with Crippen molar-refractivity contribution in [3.63, 3.8) is 0 Å². The first-order valence-corrected chi connectivity index (χ1v) is 16.3. The number of nitrogens with one attached hydrogen (secondary N) is 1. The zero-order valence-corrected chi connectivity index (χ0v) is 24.5. The summed E-state index contributed by atoms with van der Waals surface area (Å²) in [6, 6.07) is 10.7. The summed E-state index contributed by atoms with van der Waals surface area (Å²) in [5.74, 6) is -1.91. The van der Waals surface area contributed by atoms with Crippen molar-refractivity contribution in [3.8, 4) is 16.9 Å². The molecule has 3 heterocycles. The lowest BCUT2D eigenvalue weighted by Gasteiger charge is -2.43. The maximum Gasteiger partial charge on any atom is 0.245 e. The molecule has 2 aromatic carbocycles. The SMILES string of the molecule is CN1CC(O)CNS(=O)(=O)c2ccc(-c3cccnc3)cc2OCC2(CCN(S(=O)(=O)c3ccc(F)cc3F)CC2)C1. The number of sulfonamides is 2. The van der Waals surface area contributed by atoms with Gasteiger partial charge in [0.2, 0.25) is 20.0 Å². The summed E-state index contributed by atoms with van der Waals surface area (Å²) < 4.78 is 90.6. The normalized spacial score (nSPS) is 22.0. The highest BCUT2D eigenvalue weighted by atomic mass is 32.2. The van der Waals surface area contributed by atoms with Crippen LogP contribution in [0.3, 0.4) is 0 Å². The summed E-state index contributed by atoms with van der Waals surface area (Å²) in [5, 5.41) is 10.6. The predicted molar refractivity (Wildman–Crippen MR) is 151 cm³/mol. The number of aromatic nitrogens is 1. The van der Waals surface area contributed by atoms with Crippen molar-refractivity contribution in [2.24, 2.45) is 5.41 Å². The van der Waals surface area contributed by atoms with Crippen molar-refractivity contribution in [1.29, 1.82) is 0 Å². The smallest absolute Gasteiger partial charge is 0.245 e. The second-order valence-electron chi connectivity index (χ2n) is 10.9. The molecular weight excluding hydrogens is 590 g/mol. The van der Waals surface area contributed by atoms with E-state index in [1.54, 1.807) is 37.6 Å². The molecule has 1 unspecified atom stereocenters. The van der Waals surface area contributed by atoms with Gasteiger partial charge in [0.05, 0.1) is 12.7 Å². The number of hydrogen-bond acceptors (Lipinski definition) is 8. The van der Waals surface area contributed by atoms with Crippen molar-refractivity contribution < 1.29 is 35.5 Å². The van der Waals surface area contributed by atoms with E-state index in [0.29, 0.717) is 31.0 Å². The van der Waals surface area contributed by atoms with Gasteiger partial charge < -0.3 is 14.7 Å². The maximum absolute atomic E-state index is 14.4. The van der Waals surface area contributed by atoms with Gasteiger partial charge in [-0.25, -0.2) is 30.3 Å². The Kier molecular flexibility index (Phi) is 8.65. The first-order valence-electron chi connectivity index (χ1n) is 13.4. The van der Waals surface area contributed by atoms with Crippen LogP contribution in [0.2, 0.25) is 0 Å². The van der Waals surface area contributed by atoms with E-state index in [9.17, 15) is 30.7 Å². The van der Waals surface area contributed by atoms with Crippen LogP contribution in [0.15, 0.2) is 70.7 Å². The fraction of sp³-hybridized carbons (Fsp3) is 0.393. The quantitative estimate of drug-likeness (QED) is 0.456. The van der Waals surface area contributed by atoms with E-state index in [-0.39, 0.29) is 43.4 Å². The summed E-state index contributed by atoms with van der Waals surface area (Å²) in [4.78, 5) is 5.31. The molecule has 2 aliphatic heterocycles. The van der Waals surface area contributed by atoms with E-state index in [2.05, 4.69) is 9.71 Å². The van der Waals surface area contributed by atoms with Gasteiger partial charge in [0, 0.05) is 62.2 Å². The summed E-state index contributed by atoms with van der Waals surface area (Å²) in [6.07, 6.45) is 2.92. The Labute approximate surface area is 244 Å². The molecule has 0 aliphatic carbocycles. The van der Waals surface area contributed by atoms with Crippen LogP contribution >= 0.6 is 0 Å². The molecule has 1 spiro atoms. The van der Waals surface area contributed by atoms with E-state index in [1.807, 2.05) is 11.0 Å². The van der Waals surface area contributed by atoms with Gasteiger partial charge in [-0.15, -0.1) is 0 Å². The lowest BCUT2D eigenvalue weighted by molar-refractivity contribution is 0.0318. The fourth-order valence-electron chi connectivity index (χ4n) is 5.50. The van der Waals surface area contributed by atoms with Crippen LogP contribution in [-0.4, -0.2) is 88.6 Å². The zero-order chi connectivity index (χ0) is 30.1. The third-order valence-corrected chi connectivity index (χ3v) is 11.1. The largest absolute Gasteiger partial charge is 0.492 e. The predicted octanol–water partition coefficient (Wildman–Crippen LogP) is 2.46. The molecular formula is C28H32F2N4O6S2. The van der Waals surface area contributed by atoms with Gasteiger partial charge in [0.25, 0.3) is 0 Å². The summed E-state index contributed by atoms with van der Waals surface area (Å²) in [5.41, 5.74) is 0.828. The monoisotopic (exact) mass is 622 g/mol. The number of rotatable bonds is 3. The molecule has 226 valence electrons. The van der Waals surface area contributed by atoms with Crippen LogP contribution in [0.1, 0.15) is 12.8 Å². The number of fused-ring (bicyclic) bond motifs is 1. The van der Waals surface area contributed by atoms with E-state index in [1.165, 1.54) is 10.4 Å². The third-order valence-electron chi connectivity index (χ3n) is 7.69. The molecule has 10 nitrogen and oxygen atoms in total. The Morgan fingerprint density at radius 2 is 1.86 bits per heavy atom. The van der Waals surface area contributed by atoms with Gasteiger partial charge in [-0.1, -0.05) is 12.1 Å². The van der Waals surface area contributed by atoms with Crippen LogP contribution in [-0.2, 0) is 20.0 Å². The molecule has 1 saturated heterocycles. The number of aliphatic hydroxyl groups is 1. The molecule has 3 aromatic rings.